The number of fused-ring (bicyclic) bond motifs is 1. The minimum Gasteiger partial charge on any atom is -0.454 e. The molecule has 1 fully saturated rings. The smallest absolute Gasteiger partial charge is 0.307 e. The number of Topliss-reactive ketones (excluding diaryl/α,β-unsaturated/α-hetero) is 1. The lowest BCUT2D eigenvalue weighted by Gasteiger charge is -2.29. The number of ketones is 1. The van der Waals surface area contributed by atoms with E-state index in [1.54, 1.807) is 0 Å². The third-order valence-electron chi connectivity index (χ3n) is 4.26. The number of esters is 1. The van der Waals surface area contributed by atoms with Crippen LogP contribution in [0, 0.1) is 5.92 Å². The van der Waals surface area contributed by atoms with Crippen LogP contribution in [0.5, 0.6) is 0 Å². The molecule has 0 aromatic heterocycles. The Morgan fingerprint density at radius 3 is 2.65 bits per heavy atom. The molecule has 2 atom stereocenters. The van der Waals surface area contributed by atoms with Gasteiger partial charge in [-0.05, 0) is 37.8 Å². The topological polar surface area (TPSA) is 43.4 Å². The van der Waals surface area contributed by atoms with Gasteiger partial charge in [0.05, 0.1) is 12.3 Å². The standard InChI is InChI=1S/C14H20O3/c1-4-5-6-7-14-10(3)9(2)13(16)11(14)8-12(15)17-14/h11H,4-8H2,1-3H3/t11-,14+/m1/s1. The van der Waals surface area contributed by atoms with E-state index in [0.29, 0.717) is 0 Å². The third kappa shape index (κ3) is 1.72. The van der Waals surface area contributed by atoms with Crippen LogP contribution in [0.4, 0.5) is 0 Å². The molecular formula is C14H20O3. The number of rotatable bonds is 4. The van der Waals surface area contributed by atoms with Gasteiger partial charge in [0.25, 0.3) is 0 Å². The largest absolute Gasteiger partial charge is 0.454 e. The molecule has 1 saturated heterocycles. The van der Waals surface area contributed by atoms with Gasteiger partial charge in [-0.3, -0.25) is 9.59 Å². The van der Waals surface area contributed by atoms with E-state index in [1.807, 2.05) is 13.8 Å². The molecule has 0 saturated carbocycles. The van der Waals surface area contributed by atoms with Crippen LogP contribution in [0.3, 0.4) is 0 Å². The van der Waals surface area contributed by atoms with E-state index < -0.39 is 5.60 Å². The lowest BCUT2D eigenvalue weighted by molar-refractivity contribution is -0.146. The fraction of sp³-hybridized carbons (Fsp3) is 0.714. The van der Waals surface area contributed by atoms with Crippen molar-refractivity contribution in [1.82, 2.24) is 0 Å². The van der Waals surface area contributed by atoms with Gasteiger partial charge in [0.2, 0.25) is 0 Å². The van der Waals surface area contributed by atoms with Gasteiger partial charge in [-0.25, -0.2) is 0 Å². The number of carbonyl (C=O) groups excluding carboxylic acids is 2. The summed E-state index contributed by atoms with van der Waals surface area (Å²) < 4.78 is 5.55. The number of allylic oxidation sites excluding steroid dienone is 1. The Kier molecular flexibility index (Phi) is 3.11. The van der Waals surface area contributed by atoms with Gasteiger partial charge in [-0.15, -0.1) is 0 Å². The molecule has 1 heterocycles. The van der Waals surface area contributed by atoms with Crippen molar-refractivity contribution in [3.05, 3.63) is 11.1 Å². The van der Waals surface area contributed by atoms with Crippen molar-refractivity contribution in [2.75, 3.05) is 0 Å². The maximum Gasteiger partial charge on any atom is 0.307 e. The maximum atomic E-state index is 12.1. The number of hydrogen-bond acceptors (Lipinski definition) is 3. The second kappa shape index (κ2) is 4.28. The summed E-state index contributed by atoms with van der Waals surface area (Å²) in [5.74, 6) is -0.344. The predicted octanol–water partition coefficient (Wildman–Crippen LogP) is 2.79. The first-order valence-corrected chi connectivity index (χ1v) is 6.47. The first-order valence-electron chi connectivity index (χ1n) is 6.47. The van der Waals surface area contributed by atoms with Crippen LogP contribution in [-0.4, -0.2) is 17.4 Å². The molecule has 0 radical (unpaired) electrons. The number of ether oxygens (including phenoxy) is 1. The molecular weight excluding hydrogens is 216 g/mol. The minimum atomic E-state index is -0.590. The summed E-state index contributed by atoms with van der Waals surface area (Å²) in [4.78, 5) is 23.6. The first kappa shape index (κ1) is 12.3. The highest BCUT2D eigenvalue weighted by molar-refractivity contribution is 6.05. The van der Waals surface area contributed by atoms with E-state index >= 15 is 0 Å². The average molecular weight is 236 g/mol. The van der Waals surface area contributed by atoms with E-state index in [-0.39, 0.29) is 24.1 Å². The molecule has 3 nitrogen and oxygen atoms in total. The Balaban J connectivity index is 2.27. The van der Waals surface area contributed by atoms with Crippen LogP contribution < -0.4 is 0 Å². The third-order valence-corrected chi connectivity index (χ3v) is 4.26. The molecule has 0 amide bonds. The van der Waals surface area contributed by atoms with Gasteiger partial charge in [-0.2, -0.15) is 0 Å². The molecule has 1 aliphatic heterocycles. The monoisotopic (exact) mass is 236 g/mol. The van der Waals surface area contributed by atoms with E-state index in [0.717, 1.165) is 36.8 Å². The summed E-state index contributed by atoms with van der Waals surface area (Å²) in [7, 11) is 0. The lowest BCUT2D eigenvalue weighted by atomic mass is 9.82. The van der Waals surface area contributed by atoms with Crippen molar-refractivity contribution in [2.24, 2.45) is 5.92 Å². The van der Waals surface area contributed by atoms with Crippen LogP contribution in [0.25, 0.3) is 0 Å². The zero-order valence-electron chi connectivity index (χ0n) is 10.8. The molecule has 0 N–H and O–H groups in total. The van der Waals surface area contributed by atoms with Crippen LogP contribution in [0.2, 0.25) is 0 Å². The quantitative estimate of drug-likeness (QED) is 0.557. The van der Waals surface area contributed by atoms with Gasteiger partial charge in [-0.1, -0.05) is 19.8 Å². The maximum absolute atomic E-state index is 12.1. The van der Waals surface area contributed by atoms with E-state index in [2.05, 4.69) is 6.92 Å². The van der Waals surface area contributed by atoms with Gasteiger partial charge >= 0.3 is 5.97 Å². The number of hydrogen-bond donors (Lipinski definition) is 0. The lowest BCUT2D eigenvalue weighted by Crippen LogP contribution is -2.35. The molecule has 2 aliphatic rings. The Morgan fingerprint density at radius 2 is 2.00 bits per heavy atom. The van der Waals surface area contributed by atoms with E-state index in [4.69, 9.17) is 4.74 Å². The average Bonchev–Trinajstić information content (AvgIpc) is 2.71. The van der Waals surface area contributed by atoms with E-state index in [9.17, 15) is 9.59 Å². The second-order valence-electron chi connectivity index (χ2n) is 5.19. The van der Waals surface area contributed by atoms with Gasteiger partial charge in [0.15, 0.2) is 5.78 Å². The zero-order chi connectivity index (χ0) is 12.6. The summed E-state index contributed by atoms with van der Waals surface area (Å²) >= 11 is 0. The van der Waals surface area contributed by atoms with E-state index in [1.165, 1.54) is 0 Å². The fourth-order valence-electron chi connectivity index (χ4n) is 3.10. The van der Waals surface area contributed by atoms with Crippen molar-refractivity contribution in [3.63, 3.8) is 0 Å². The molecule has 0 aromatic rings. The van der Waals surface area contributed by atoms with Crippen LogP contribution in [0.15, 0.2) is 11.1 Å². The highest BCUT2D eigenvalue weighted by Crippen LogP contribution is 2.49. The number of unbranched alkanes of at least 4 members (excludes halogenated alkanes) is 2. The van der Waals surface area contributed by atoms with Crippen molar-refractivity contribution in [2.45, 2.75) is 58.5 Å². The molecule has 2 rings (SSSR count). The Hall–Kier alpha value is -1.12. The fourth-order valence-corrected chi connectivity index (χ4v) is 3.10. The van der Waals surface area contributed by atoms with Gasteiger partial charge in [0, 0.05) is 0 Å². The Labute approximate surface area is 102 Å². The summed E-state index contributed by atoms with van der Waals surface area (Å²) in [6, 6.07) is 0. The summed E-state index contributed by atoms with van der Waals surface area (Å²) in [5.41, 5.74) is 1.20. The highest BCUT2D eigenvalue weighted by atomic mass is 16.6. The van der Waals surface area contributed by atoms with Crippen LogP contribution in [-0.2, 0) is 14.3 Å². The minimum absolute atomic E-state index is 0.116. The Morgan fingerprint density at radius 1 is 1.29 bits per heavy atom. The highest BCUT2D eigenvalue weighted by Gasteiger charge is 2.58. The van der Waals surface area contributed by atoms with Crippen molar-refractivity contribution in [3.8, 4) is 0 Å². The first-order chi connectivity index (χ1) is 8.03. The molecule has 1 aliphatic carbocycles. The second-order valence-corrected chi connectivity index (χ2v) is 5.19. The summed E-state index contributed by atoms with van der Waals surface area (Å²) in [5, 5.41) is 0. The van der Waals surface area contributed by atoms with Gasteiger partial charge < -0.3 is 4.74 Å². The zero-order valence-corrected chi connectivity index (χ0v) is 10.8. The Bertz CT molecular complexity index is 394. The van der Waals surface area contributed by atoms with Crippen molar-refractivity contribution < 1.29 is 14.3 Å². The van der Waals surface area contributed by atoms with Gasteiger partial charge in [0.1, 0.15) is 5.60 Å². The molecule has 3 heteroatoms. The molecule has 0 unspecified atom stereocenters. The SMILES string of the molecule is CCCCC[C@@]12OC(=O)C[C@@H]1C(=O)C(C)=C2C. The van der Waals surface area contributed by atoms with Crippen molar-refractivity contribution in [1.29, 1.82) is 0 Å². The molecule has 0 spiro atoms. The van der Waals surface area contributed by atoms with Crippen LogP contribution >= 0.6 is 0 Å². The van der Waals surface area contributed by atoms with Crippen molar-refractivity contribution >= 4 is 11.8 Å². The number of carbonyl (C=O) groups is 2. The predicted molar refractivity (Wildman–Crippen MR) is 64.5 cm³/mol. The van der Waals surface area contributed by atoms with Crippen LogP contribution in [0.1, 0.15) is 52.9 Å². The molecule has 0 bridgehead atoms. The summed E-state index contributed by atoms with van der Waals surface area (Å²) in [6.07, 6.45) is 4.32. The molecule has 0 aromatic carbocycles. The molecule has 17 heavy (non-hydrogen) atoms. The normalized spacial score (nSPS) is 32.1. The molecule has 94 valence electrons. The summed E-state index contributed by atoms with van der Waals surface area (Å²) in [6.45, 7) is 5.94.